The third-order valence-corrected chi connectivity index (χ3v) is 1.56. The Morgan fingerprint density at radius 2 is 1.31 bits per heavy atom. The predicted octanol–water partition coefficient (Wildman–Crippen LogP) is 0.388. The van der Waals surface area contributed by atoms with Gasteiger partial charge in [0.1, 0.15) is 0 Å². The Hall–Kier alpha value is -1.59. The topological polar surface area (TPSA) is 123 Å². The Morgan fingerprint density at radius 1 is 0.938 bits per heavy atom. The highest BCUT2D eigenvalue weighted by Gasteiger charge is 1.96. The molecule has 0 heterocycles. The van der Waals surface area contributed by atoms with Crippen molar-refractivity contribution in [2.24, 2.45) is 11.5 Å². The number of nitrogens with two attached hydrogens (primary N) is 2. The number of carboxylic acids is 1. The van der Waals surface area contributed by atoms with Crippen molar-refractivity contribution < 1.29 is 19.5 Å². The fourth-order valence-corrected chi connectivity index (χ4v) is 0.812. The van der Waals surface area contributed by atoms with Crippen LogP contribution < -0.4 is 11.5 Å². The van der Waals surface area contributed by atoms with E-state index in [0.717, 1.165) is 6.42 Å². The van der Waals surface area contributed by atoms with Gasteiger partial charge >= 0.3 is 5.97 Å². The number of primary amides is 2. The van der Waals surface area contributed by atoms with Gasteiger partial charge in [0.15, 0.2) is 0 Å². The van der Waals surface area contributed by atoms with Crippen LogP contribution in [0.2, 0.25) is 0 Å². The number of carbonyl (C=O) groups excluding carboxylic acids is 2. The van der Waals surface area contributed by atoms with E-state index in [4.69, 9.17) is 16.6 Å². The number of amides is 2. The normalized spacial score (nSPS) is 8.81. The third-order valence-electron chi connectivity index (χ3n) is 1.56. The molecule has 94 valence electrons. The number of unbranched alkanes of at least 4 members (excludes halogenated alkanes) is 1. The van der Waals surface area contributed by atoms with Crippen LogP contribution in [0.1, 0.15) is 45.4 Å². The molecule has 0 atom stereocenters. The Morgan fingerprint density at radius 3 is 1.44 bits per heavy atom. The minimum Gasteiger partial charge on any atom is -0.481 e. The Bertz CT molecular complexity index is 213. The fraction of sp³-hybridized carbons (Fsp3) is 0.700. The summed E-state index contributed by atoms with van der Waals surface area (Å²) in [6, 6.07) is 0. The zero-order chi connectivity index (χ0) is 13.0. The van der Waals surface area contributed by atoms with Gasteiger partial charge < -0.3 is 16.6 Å². The van der Waals surface area contributed by atoms with Gasteiger partial charge in [-0.3, -0.25) is 14.4 Å². The first-order valence-electron chi connectivity index (χ1n) is 5.18. The van der Waals surface area contributed by atoms with Crippen LogP contribution in [0.3, 0.4) is 0 Å². The number of hydrogen-bond acceptors (Lipinski definition) is 3. The van der Waals surface area contributed by atoms with Gasteiger partial charge in [-0.1, -0.05) is 6.92 Å². The summed E-state index contributed by atoms with van der Waals surface area (Å²) in [4.78, 5) is 29.9. The highest BCUT2D eigenvalue weighted by molar-refractivity contribution is 5.74. The molecule has 16 heavy (non-hydrogen) atoms. The van der Waals surface area contributed by atoms with E-state index in [0.29, 0.717) is 32.1 Å². The molecule has 0 rings (SSSR count). The van der Waals surface area contributed by atoms with E-state index in [9.17, 15) is 14.4 Å². The average molecular weight is 232 g/mol. The van der Waals surface area contributed by atoms with E-state index in [2.05, 4.69) is 0 Å². The van der Waals surface area contributed by atoms with E-state index in [-0.39, 0.29) is 11.8 Å². The molecule has 0 aromatic carbocycles. The summed E-state index contributed by atoms with van der Waals surface area (Å²) >= 11 is 0. The summed E-state index contributed by atoms with van der Waals surface area (Å²) in [6.45, 7) is 1.84. The second-order valence-corrected chi connectivity index (χ2v) is 3.28. The molecule has 0 fully saturated rings. The molecule has 0 radical (unpaired) electrons. The molecule has 2 amide bonds. The van der Waals surface area contributed by atoms with Crippen molar-refractivity contribution in [2.45, 2.75) is 45.4 Å². The molecule has 0 spiro atoms. The fourth-order valence-electron chi connectivity index (χ4n) is 0.812. The maximum absolute atomic E-state index is 10.2. The van der Waals surface area contributed by atoms with E-state index in [1.54, 1.807) is 0 Å². The second-order valence-electron chi connectivity index (χ2n) is 3.28. The van der Waals surface area contributed by atoms with Crippen LogP contribution in [0.25, 0.3) is 0 Å². The van der Waals surface area contributed by atoms with Crippen LogP contribution in [-0.2, 0) is 14.4 Å². The molecule has 0 aromatic rings. The van der Waals surface area contributed by atoms with Gasteiger partial charge in [0.2, 0.25) is 11.8 Å². The molecule has 6 nitrogen and oxygen atoms in total. The van der Waals surface area contributed by atoms with Crippen LogP contribution in [0.15, 0.2) is 0 Å². The molecular formula is C10H20N2O4. The highest BCUT2D eigenvalue weighted by atomic mass is 16.4. The molecule has 0 aromatic heterocycles. The first kappa shape index (κ1) is 16.8. The Kier molecular flexibility index (Phi) is 12.1. The van der Waals surface area contributed by atoms with Crippen molar-refractivity contribution in [3.05, 3.63) is 0 Å². The van der Waals surface area contributed by atoms with Crippen molar-refractivity contribution in [3.8, 4) is 0 Å². The lowest BCUT2D eigenvalue weighted by atomic mass is 10.2. The molecular weight excluding hydrogens is 212 g/mol. The van der Waals surface area contributed by atoms with Crippen molar-refractivity contribution in [1.82, 2.24) is 0 Å². The third kappa shape index (κ3) is 22.8. The zero-order valence-corrected chi connectivity index (χ0v) is 9.57. The van der Waals surface area contributed by atoms with Crippen molar-refractivity contribution in [3.63, 3.8) is 0 Å². The van der Waals surface area contributed by atoms with Gasteiger partial charge in [-0.05, 0) is 19.3 Å². The van der Waals surface area contributed by atoms with Crippen LogP contribution in [-0.4, -0.2) is 22.9 Å². The summed E-state index contributed by atoms with van der Waals surface area (Å²) in [7, 11) is 0. The van der Waals surface area contributed by atoms with E-state index < -0.39 is 5.97 Å². The largest absolute Gasteiger partial charge is 0.481 e. The lowest BCUT2D eigenvalue weighted by Crippen LogP contribution is -2.12. The van der Waals surface area contributed by atoms with Gasteiger partial charge in [0.25, 0.3) is 0 Å². The number of aliphatic carboxylic acids is 1. The Balaban J connectivity index is 0. The SMILES string of the molecule is CCCC(=O)O.NC(=O)CCCCC(N)=O. The highest BCUT2D eigenvalue weighted by Crippen LogP contribution is 1.97. The average Bonchev–Trinajstić information content (AvgIpc) is 2.12. The number of hydrogen-bond donors (Lipinski definition) is 3. The van der Waals surface area contributed by atoms with Gasteiger partial charge in [0, 0.05) is 19.3 Å². The standard InChI is InChI=1S/C6H12N2O2.C4H8O2/c7-5(9)3-1-2-4-6(8)10;1-2-3-4(5)6/h1-4H2,(H2,7,9)(H2,8,10);2-3H2,1H3,(H,5,6). The van der Waals surface area contributed by atoms with E-state index >= 15 is 0 Å². The maximum atomic E-state index is 10.2. The van der Waals surface area contributed by atoms with Crippen molar-refractivity contribution in [1.29, 1.82) is 0 Å². The molecule has 0 aliphatic carbocycles. The first-order valence-corrected chi connectivity index (χ1v) is 5.18. The molecule has 6 heteroatoms. The van der Waals surface area contributed by atoms with Crippen LogP contribution in [0.5, 0.6) is 0 Å². The van der Waals surface area contributed by atoms with E-state index in [1.807, 2.05) is 6.92 Å². The molecule has 0 bridgehead atoms. The van der Waals surface area contributed by atoms with Crippen molar-refractivity contribution >= 4 is 17.8 Å². The van der Waals surface area contributed by atoms with E-state index in [1.165, 1.54) is 0 Å². The number of carbonyl (C=O) groups is 3. The minimum atomic E-state index is -0.711. The van der Waals surface area contributed by atoms with Gasteiger partial charge in [-0.2, -0.15) is 0 Å². The Labute approximate surface area is 95.0 Å². The quantitative estimate of drug-likeness (QED) is 0.549. The summed E-state index contributed by atoms with van der Waals surface area (Å²) in [6.07, 6.45) is 3.01. The molecule has 0 unspecified atom stereocenters. The monoisotopic (exact) mass is 232 g/mol. The maximum Gasteiger partial charge on any atom is 0.303 e. The number of rotatable bonds is 7. The summed E-state index contributed by atoms with van der Waals surface area (Å²) in [5.41, 5.74) is 9.71. The molecule has 0 aliphatic heterocycles. The van der Waals surface area contributed by atoms with Gasteiger partial charge in [-0.25, -0.2) is 0 Å². The van der Waals surface area contributed by atoms with Crippen LogP contribution in [0, 0.1) is 0 Å². The second kappa shape index (κ2) is 11.5. The summed E-state index contributed by atoms with van der Waals surface area (Å²) in [5.74, 6) is -1.37. The minimum absolute atomic E-state index is 0.292. The van der Waals surface area contributed by atoms with Crippen molar-refractivity contribution in [2.75, 3.05) is 0 Å². The van der Waals surface area contributed by atoms with Gasteiger partial charge in [0.05, 0.1) is 0 Å². The molecule has 5 N–H and O–H groups in total. The first-order chi connectivity index (χ1) is 7.40. The number of carboxylic acid groups (broad SMARTS) is 1. The summed E-state index contributed by atoms with van der Waals surface area (Å²) < 4.78 is 0. The molecule has 0 aliphatic rings. The lowest BCUT2D eigenvalue weighted by molar-refractivity contribution is -0.137. The van der Waals surface area contributed by atoms with Gasteiger partial charge in [-0.15, -0.1) is 0 Å². The lowest BCUT2D eigenvalue weighted by Gasteiger charge is -1.93. The zero-order valence-electron chi connectivity index (χ0n) is 9.57. The van der Waals surface area contributed by atoms with Crippen LogP contribution >= 0.6 is 0 Å². The molecule has 0 saturated heterocycles. The van der Waals surface area contributed by atoms with Crippen LogP contribution in [0.4, 0.5) is 0 Å². The summed E-state index contributed by atoms with van der Waals surface area (Å²) in [5, 5.41) is 7.91. The smallest absolute Gasteiger partial charge is 0.303 e. The predicted molar refractivity (Wildman–Crippen MR) is 59.4 cm³/mol. The molecule has 0 saturated carbocycles.